The Kier molecular flexibility index (Phi) is 6.44. The summed E-state index contributed by atoms with van der Waals surface area (Å²) in [5.41, 5.74) is 1.01. The minimum absolute atomic E-state index is 0.0289. The van der Waals surface area contributed by atoms with Crippen molar-refractivity contribution in [2.24, 2.45) is 0 Å². The van der Waals surface area contributed by atoms with Gasteiger partial charge in [-0.05, 0) is 68.3 Å². The second kappa shape index (κ2) is 9.87. The van der Waals surface area contributed by atoms with Crippen LogP contribution >= 0.6 is 0 Å². The van der Waals surface area contributed by atoms with Gasteiger partial charge < -0.3 is 14.4 Å². The number of esters is 1. The highest BCUT2D eigenvalue weighted by atomic mass is 19.4. The van der Waals surface area contributed by atoms with Crippen LogP contribution in [0.3, 0.4) is 0 Å². The van der Waals surface area contributed by atoms with Gasteiger partial charge in [-0.1, -0.05) is 49.4 Å². The largest absolute Gasteiger partial charge is 0.489 e. The highest BCUT2D eigenvalue weighted by molar-refractivity contribution is 5.98. The molecule has 8 heteroatoms. The van der Waals surface area contributed by atoms with Crippen LogP contribution in [0, 0.1) is 0 Å². The van der Waals surface area contributed by atoms with E-state index in [1.54, 1.807) is 66.7 Å². The van der Waals surface area contributed by atoms with E-state index in [-0.39, 0.29) is 22.7 Å². The molecular weight excluding hydrogens is 529 g/mol. The first kappa shape index (κ1) is 26.7. The maximum atomic E-state index is 15.3. The van der Waals surface area contributed by atoms with E-state index in [1.807, 2.05) is 31.7 Å². The normalized spacial score (nSPS) is 16.9. The molecule has 1 unspecified atom stereocenters. The minimum Gasteiger partial charge on any atom is -0.456 e. The summed E-state index contributed by atoms with van der Waals surface area (Å²) in [5.74, 6) is 0.000919. The van der Waals surface area contributed by atoms with Crippen LogP contribution in [-0.4, -0.2) is 25.4 Å². The number of rotatable bonds is 6. The molecule has 4 aromatic rings. The zero-order chi connectivity index (χ0) is 28.9. The number of aryl methyl sites for hydroxylation is 1. The van der Waals surface area contributed by atoms with E-state index in [0.29, 0.717) is 52.5 Å². The number of halogens is 3. The van der Waals surface area contributed by atoms with Crippen molar-refractivity contribution in [3.63, 3.8) is 0 Å². The van der Waals surface area contributed by atoms with Crippen LogP contribution < -0.4 is 14.5 Å². The van der Waals surface area contributed by atoms with Crippen molar-refractivity contribution in [3.8, 4) is 11.5 Å². The average molecular weight is 559 g/mol. The Bertz CT molecular complexity index is 1650. The first-order valence-electron chi connectivity index (χ1n) is 13.7. The predicted molar refractivity (Wildman–Crippen MR) is 152 cm³/mol. The molecule has 0 N–H and O–H groups in total. The third-order valence-corrected chi connectivity index (χ3v) is 7.87. The molecule has 41 heavy (non-hydrogen) atoms. The molecule has 0 fully saturated rings. The maximum absolute atomic E-state index is 15.3. The third-order valence-electron chi connectivity index (χ3n) is 7.87. The van der Waals surface area contributed by atoms with E-state index in [1.165, 1.54) is 12.1 Å². The molecule has 0 aromatic heterocycles. The van der Waals surface area contributed by atoms with Gasteiger partial charge in [-0.2, -0.15) is 0 Å². The summed E-state index contributed by atoms with van der Waals surface area (Å²) in [6.07, 6.45) is -4.26. The van der Waals surface area contributed by atoms with Crippen molar-refractivity contribution in [2.75, 3.05) is 22.9 Å². The number of carbonyl (C=O) groups excluding carboxylic acids is 1. The van der Waals surface area contributed by atoms with Crippen molar-refractivity contribution < 1.29 is 27.4 Å². The Morgan fingerprint density at radius 3 is 2.15 bits per heavy atom. The molecule has 4 aromatic carbocycles. The van der Waals surface area contributed by atoms with Gasteiger partial charge in [0.2, 0.25) is 0 Å². The summed E-state index contributed by atoms with van der Waals surface area (Å²) in [7, 11) is 0. The van der Waals surface area contributed by atoms with Crippen LogP contribution in [0.4, 0.5) is 30.2 Å². The van der Waals surface area contributed by atoms with Gasteiger partial charge in [0.15, 0.2) is 5.60 Å². The molecule has 0 aliphatic carbocycles. The fourth-order valence-electron chi connectivity index (χ4n) is 6.03. The van der Waals surface area contributed by atoms with Crippen molar-refractivity contribution in [3.05, 3.63) is 113 Å². The van der Waals surface area contributed by atoms with Gasteiger partial charge in [-0.15, -0.1) is 13.2 Å². The van der Waals surface area contributed by atoms with Crippen LogP contribution in [0.25, 0.3) is 0 Å². The van der Waals surface area contributed by atoms with Gasteiger partial charge in [-0.25, -0.2) is 4.79 Å². The van der Waals surface area contributed by atoms with E-state index in [2.05, 4.69) is 0 Å². The number of hydrogen-bond acceptors (Lipinski definition) is 5. The van der Waals surface area contributed by atoms with E-state index in [0.717, 1.165) is 5.56 Å². The van der Waals surface area contributed by atoms with Crippen LogP contribution in [0.5, 0.6) is 11.5 Å². The minimum atomic E-state index is -4.82. The number of anilines is 3. The molecule has 1 atom stereocenters. The fraction of sp³-hybridized carbons (Fsp3) is 0.242. The van der Waals surface area contributed by atoms with Gasteiger partial charge in [0.05, 0.1) is 22.5 Å². The van der Waals surface area contributed by atoms with E-state index >= 15 is 13.2 Å². The molecule has 0 saturated carbocycles. The molecular formula is C33H29F3N2O3. The lowest BCUT2D eigenvalue weighted by Crippen LogP contribution is -2.39. The Balaban J connectivity index is 1.67. The number of alkyl halides is 3. The molecule has 0 amide bonds. The predicted octanol–water partition coefficient (Wildman–Crippen LogP) is 8.32. The Hall–Kier alpha value is -4.46. The molecule has 2 aliphatic heterocycles. The topological polar surface area (TPSA) is 42.0 Å². The average Bonchev–Trinajstić information content (AvgIpc) is 3.25. The quantitative estimate of drug-likeness (QED) is 0.176. The van der Waals surface area contributed by atoms with Crippen molar-refractivity contribution in [2.45, 2.75) is 39.1 Å². The summed E-state index contributed by atoms with van der Waals surface area (Å²) < 4.78 is 58.3. The molecule has 2 aliphatic rings. The zero-order valence-electron chi connectivity index (χ0n) is 23.0. The lowest BCUT2D eigenvalue weighted by atomic mass is 9.76. The third kappa shape index (κ3) is 4.12. The van der Waals surface area contributed by atoms with Crippen LogP contribution in [-0.2, 0) is 16.8 Å². The van der Waals surface area contributed by atoms with Gasteiger partial charge in [-0.3, -0.25) is 4.90 Å². The highest BCUT2D eigenvalue weighted by Crippen LogP contribution is 2.59. The Labute approximate surface area is 236 Å². The number of nitrogens with zero attached hydrogens (tertiary/aromatic N) is 2. The summed E-state index contributed by atoms with van der Waals surface area (Å²) in [5, 5.41) is 0. The van der Waals surface area contributed by atoms with Gasteiger partial charge >= 0.3 is 12.3 Å². The first-order chi connectivity index (χ1) is 19.7. The number of hydrogen-bond donors (Lipinski definition) is 0. The number of para-hydroxylation sites is 1. The Morgan fingerprint density at radius 2 is 1.44 bits per heavy atom. The van der Waals surface area contributed by atoms with Gasteiger partial charge in [0.1, 0.15) is 11.5 Å². The molecule has 2 heterocycles. The molecule has 0 saturated heterocycles. The zero-order valence-corrected chi connectivity index (χ0v) is 23.0. The van der Waals surface area contributed by atoms with E-state index in [4.69, 9.17) is 9.47 Å². The maximum Gasteiger partial charge on any atom is 0.489 e. The molecule has 210 valence electrons. The standard InChI is InChI=1S/C33H29F3N2O3/c1-4-21-18-22(37(5-2)6-3)20-23(19-21)38(33(34,35)36)27-15-11-17-29-30(27)32(26-14-9-10-16-28(26)40-29)25-13-8-7-12-24(25)31(39)41-32/h7-20H,4-6H2,1-3H3. The molecule has 1 spiro atoms. The molecule has 0 bridgehead atoms. The van der Waals surface area contributed by atoms with Crippen molar-refractivity contribution >= 4 is 23.0 Å². The highest BCUT2D eigenvalue weighted by Gasteiger charge is 2.56. The van der Waals surface area contributed by atoms with Gasteiger partial charge in [0, 0.05) is 29.9 Å². The van der Waals surface area contributed by atoms with E-state index in [9.17, 15) is 4.79 Å². The van der Waals surface area contributed by atoms with Crippen LogP contribution in [0.15, 0.2) is 84.9 Å². The summed E-state index contributed by atoms with van der Waals surface area (Å²) >= 11 is 0. The summed E-state index contributed by atoms with van der Waals surface area (Å²) in [6, 6.07) is 23.5. The SMILES string of the molecule is CCc1cc(N(CC)CC)cc(N(c2cccc3c2C2(OC(=O)c4ccccc42)c2ccccc2O3)C(F)(F)F)c1. The lowest BCUT2D eigenvalue weighted by molar-refractivity contribution is -0.121. The number of fused-ring (bicyclic) bond motifs is 6. The summed E-state index contributed by atoms with van der Waals surface area (Å²) in [4.78, 5) is 15.7. The second-order valence-corrected chi connectivity index (χ2v) is 10.1. The fourth-order valence-corrected chi connectivity index (χ4v) is 6.03. The summed E-state index contributed by atoms with van der Waals surface area (Å²) in [6.45, 7) is 7.16. The van der Waals surface area contributed by atoms with Crippen LogP contribution in [0.2, 0.25) is 0 Å². The van der Waals surface area contributed by atoms with Crippen molar-refractivity contribution in [1.82, 2.24) is 0 Å². The monoisotopic (exact) mass is 558 g/mol. The van der Waals surface area contributed by atoms with Crippen LogP contribution in [0.1, 0.15) is 53.4 Å². The number of carbonyl (C=O) groups is 1. The number of benzene rings is 4. The van der Waals surface area contributed by atoms with Crippen molar-refractivity contribution in [1.29, 1.82) is 0 Å². The molecule has 6 rings (SSSR count). The first-order valence-corrected chi connectivity index (χ1v) is 13.7. The van der Waals surface area contributed by atoms with Gasteiger partial charge in [0.25, 0.3) is 0 Å². The van der Waals surface area contributed by atoms with E-state index < -0.39 is 17.9 Å². The second-order valence-electron chi connectivity index (χ2n) is 10.1. The molecule has 5 nitrogen and oxygen atoms in total. The Morgan fingerprint density at radius 1 is 0.780 bits per heavy atom. The molecule has 0 radical (unpaired) electrons. The lowest BCUT2D eigenvalue weighted by Gasteiger charge is -2.40. The smallest absolute Gasteiger partial charge is 0.456 e. The number of ether oxygens (including phenoxy) is 2.